The van der Waals surface area contributed by atoms with E-state index in [9.17, 15) is 14.7 Å². The summed E-state index contributed by atoms with van der Waals surface area (Å²) in [6, 6.07) is 9.30. The van der Waals surface area contributed by atoms with Gasteiger partial charge in [-0.25, -0.2) is 0 Å². The molecule has 1 saturated heterocycles. The number of amides is 1. The number of hydrogen-bond donors (Lipinski definition) is 1. The predicted molar refractivity (Wildman–Crippen MR) is 126 cm³/mol. The molecule has 32 heavy (non-hydrogen) atoms. The smallest absolute Gasteiger partial charge is 0.295 e. The molecule has 1 aliphatic rings. The lowest BCUT2D eigenvalue weighted by atomic mass is 9.94. The maximum Gasteiger partial charge on any atom is 0.295 e. The highest BCUT2D eigenvalue weighted by Gasteiger charge is 2.45. The number of aliphatic hydroxyl groups excluding tert-OH is 1. The summed E-state index contributed by atoms with van der Waals surface area (Å²) >= 11 is 12.3. The van der Waals surface area contributed by atoms with Gasteiger partial charge in [0.15, 0.2) is 0 Å². The number of nitrogens with zero attached hydrogens (tertiary/aromatic N) is 2. The van der Waals surface area contributed by atoms with Crippen molar-refractivity contribution >= 4 is 40.7 Å². The molecule has 1 N–H and O–H groups in total. The lowest BCUT2D eigenvalue weighted by molar-refractivity contribution is -0.139. The van der Waals surface area contributed by atoms with Crippen LogP contribution in [0.5, 0.6) is 5.75 Å². The second kappa shape index (κ2) is 9.94. The van der Waals surface area contributed by atoms with Gasteiger partial charge in [-0.05, 0) is 75.4 Å². The number of halogens is 2. The zero-order chi connectivity index (χ0) is 23.6. The Bertz CT molecular complexity index is 1080. The average Bonchev–Trinajstić information content (AvgIpc) is 3.00. The van der Waals surface area contributed by atoms with E-state index in [1.807, 2.05) is 25.9 Å². The minimum absolute atomic E-state index is 0.0304. The summed E-state index contributed by atoms with van der Waals surface area (Å²) in [7, 11) is 5.44. The van der Waals surface area contributed by atoms with Crippen LogP contribution in [0.3, 0.4) is 0 Å². The number of carbonyl (C=O) groups excluding carboxylic acids is 2. The summed E-state index contributed by atoms with van der Waals surface area (Å²) in [6.07, 6.45) is 0.666. The van der Waals surface area contributed by atoms with Gasteiger partial charge in [-0.15, -0.1) is 0 Å². The summed E-state index contributed by atoms with van der Waals surface area (Å²) in [5.74, 6) is -0.949. The molecule has 1 heterocycles. The number of benzene rings is 2. The van der Waals surface area contributed by atoms with Gasteiger partial charge in [0, 0.05) is 12.1 Å². The molecular formula is C24H26Cl2N2O4. The zero-order valence-electron chi connectivity index (χ0n) is 18.5. The van der Waals surface area contributed by atoms with Gasteiger partial charge in [0.2, 0.25) is 0 Å². The molecular weight excluding hydrogens is 451 g/mol. The van der Waals surface area contributed by atoms with Crippen molar-refractivity contribution < 1.29 is 19.4 Å². The van der Waals surface area contributed by atoms with Crippen LogP contribution in [0.25, 0.3) is 5.76 Å². The molecule has 0 radical (unpaired) electrons. The van der Waals surface area contributed by atoms with E-state index in [0.717, 1.165) is 12.1 Å². The van der Waals surface area contributed by atoms with Crippen LogP contribution in [-0.4, -0.2) is 60.9 Å². The Labute approximate surface area is 198 Å². The maximum absolute atomic E-state index is 13.1. The first kappa shape index (κ1) is 24.1. The van der Waals surface area contributed by atoms with Crippen molar-refractivity contribution in [3.05, 3.63) is 68.7 Å². The molecule has 1 atom stereocenters. The lowest BCUT2D eigenvalue weighted by Gasteiger charge is -2.26. The summed E-state index contributed by atoms with van der Waals surface area (Å²) in [5, 5.41) is 11.8. The molecule has 6 nitrogen and oxygen atoms in total. The normalized spacial score (nSPS) is 18.0. The fourth-order valence-corrected chi connectivity index (χ4v) is 4.18. The number of carbonyl (C=O) groups is 2. The number of ketones is 1. The first-order valence-electron chi connectivity index (χ1n) is 10.2. The van der Waals surface area contributed by atoms with Gasteiger partial charge in [-0.1, -0.05) is 29.3 Å². The Morgan fingerprint density at radius 3 is 2.44 bits per heavy atom. The summed E-state index contributed by atoms with van der Waals surface area (Å²) in [4.78, 5) is 29.5. The fourth-order valence-electron chi connectivity index (χ4n) is 3.88. The SMILES string of the molecule is COc1ccc(C(O)=C2C(=O)C(=O)N(CCCN(C)C)[C@@H]2c2ccc(Cl)c(Cl)c2)cc1C. The third-order valence-electron chi connectivity index (χ3n) is 5.47. The third kappa shape index (κ3) is 4.77. The summed E-state index contributed by atoms with van der Waals surface area (Å²) in [6.45, 7) is 2.94. The van der Waals surface area contributed by atoms with Crippen LogP contribution in [0, 0.1) is 6.92 Å². The molecule has 1 aliphatic heterocycles. The van der Waals surface area contributed by atoms with Gasteiger partial charge in [0.1, 0.15) is 11.5 Å². The predicted octanol–water partition coefficient (Wildman–Crippen LogP) is 4.68. The number of likely N-dealkylation sites (tertiary alicyclic amines) is 1. The summed E-state index contributed by atoms with van der Waals surface area (Å²) in [5.41, 5.74) is 1.86. The van der Waals surface area contributed by atoms with Crippen molar-refractivity contribution in [1.29, 1.82) is 0 Å². The molecule has 0 saturated carbocycles. The Morgan fingerprint density at radius 2 is 1.84 bits per heavy atom. The molecule has 8 heteroatoms. The minimum Gasteiger partial charge on any atom is -0.507 e. The van der Waals surface area contributed by atoms with Crippen molar-refractivity contribution in [2.75, 3.05) is 34.3 Å². The van der Waals surface area contributed by atoms with Crippen molar-refractivity contribution in [3.8, 4) is 5.75 Å². The monoisotopic (exact) mass is 476 g/mol. The molecule has 3 rings (SSSR count). The van der Waals surface area contributed by atoms with Crippen molar-refractivity contribution in [1.82, 2.24) is 9.80 Å². The van der Waals surface area contributed by atoms with E-state index >= 15 is 0 Å². The maximum atomic E-state index is 13.1. The molecule has 2 aromatic rings. The van der Waals surface area contributed by atoms with Gasteiger partial charge in [-0.3, -0.25) is 9.59 Å². The van der Waals surface area contributed by atoms with Gasteiger partial charge in [0.25, 0.3) is 11.7 Å². The quantitative estimate of drug-likeness (QED) is 0.356. The van der Waals surface area contributed by atoms with Crippen molar-refractivity contribution in [2.45, 2.75) is 19.4 Å². The number of hydrogen-bond acceptors (Lipinski definition) is 5. The van der Waals surface area contributed by atoms with E-state index in [1.165, 1.54) is 4.90 Å². The van der Waals surface area contributed by atoms with Crippen LogP contribution in [0.1, 0.15) is 29.2 Å². The van der Waals surface area contributed by atoms with Crippen LogP contribution < -0.4 is 4.74 Å². The molecule has 2 aromatic carbocycles. The highest BCUT2D eigenvalue weighted by Crippen LogP contribution is 2.41. The Hall–Kier alpha value is -2.54. The topological polar surface area (TPSA) is 70.1 Å². The highest BCUT2D eigenvalue weighted by atomic mass is 35.5. The van der Waals surface area contributed by atoms with Crippen LogP contribution in [0.15, 0.2) is 42.0 Å². The molecule has 1 amide bonds. The minimum atomic E-state index is -0.769. The van der Waals surface area contributed by atoms with E-state index in [4.69, 9.17) is 27.9 Å². The van der Waals surface area contributed by atoms with Gasteiger partial charge in [0.05, 0.1) is 28.8 Å². The second-order valence-electron chi connectivity index (χ2n) is 8.01. The van der Waals surface area contributed by atoms with Gasteiger partial charge >= 0.3 is 0 Å². The van der Waals surface area contributed by atoms with Crippen molar-refractivity contribution in [2.24, 2.45) is 0 Å². The van der Waals surface area contributed by atoms with E-state index < -0.39 is 17.7 Å². The largest absolute Gasteiger partial charge is 0.507 e. The number of methoxy groups -OCH3 is 1. The Morgan fingerprint density at radius 1 is 1.12 bits per heavy atom. The lowest BCUT2D eigenvalue weighted by Crippen LogP contribution is -2.32. The van der Waals surface area contributed by atoms with Crippen molar-refractivity contribution in [3.63, 3.8) is 0 Å². The van der Waals surface area contributed by atoms with E-state index in [-0.39, 0.29) is 11.3 Å². The second-order valence-corrected chi connectivity index (χ2v) is 8.82. The number of ether oxygens (including phenoxy) is 1. The van der Waals surface area contributed by atoms with Crippen LogP contribution in [0.4, 0.5) is 0 Å². The fraction of sp³-hybridized carbons (Fsp3) is 0.333. The molecule has 0 spiro atoms. The molecule has 1 fully saturated rings. The van der Waals surface area contributed by atoms with E-state index in [2.05, 4.69) is 0 Å². The first-order chi connectivity index (χ1) is 15.1. The van der Waals surface area contributed by atoms with E-state index in [0.29, 0.717) is 39.9 Å². The number of aliphatic hydroxyl groups is 1. The average molecular weight is 477 g/mol. The zero-order valence-corrected chi connectivity index (χ0v) is 20.0. The van der Waals surface area contributed by atoms with Crippen LogP contribution >= 0.6 is 23.2 Å². The highest BCUT2D eigenvalue weighted by molar-refractivity contribution is 6.46. The number of aryl methyl sites for hydroxylation is 1. The Kier molecular flexibility index (Phi) is 7.49. The number of rotatable bonds is 7. The van der Waals surface area contributed by atoms with Gasteiger partial charge < -0.3 is 19.6 Å². The molecule has 170 valence electrons. The standard InChI is InChI=1S/C24H26Cl2N2O4/c1-14-12-16(7-9-19(14)32-4)22(29)20-21(15-6-8-17(25)18(26)13-15)28(24(31)23(20)30)11-5-10-27(2)3/h6-9,12-13,21,29H,5,10-11H2,1-4H3/t21-/m1/s1. The molecule has 0 bridgehead atoms. The first-order valence-corrected chi connectivity index (χ1v) is 10.9. The Balaban J connectivity index is 2.13. The summed E-state index contributed by atoms with van der Waals surface area (Å²) < 4.78 is 5.28. The van der Waals surface area contributed by atoms with Gasteiger partial charge in [-0.2, -0.15) is 0 Å². The number of Topliss-reactive ketones (excluding diaryl/α,β-unsaturated/α-hetero) is 1. The molecule has 0 aliphatic carbocycles. The third-order valence-corrected chi connectivity index (χ3v) is 6.21. The molecule has 0 unspecified atom stereocenters. The van der Waals surface area contributed by atoms with Crippen LogP contribution in [0.2, 0.25) is 10.0 Å². The van der Waals surface area contributed by atoms with Crippen LogP contribution in [-0.2, 0) is 9.59 Å². The van der Waals surface area contributed by atoms with E-state index in [1.54, 1.807) is 43.5 Å². The molecule has 0 aromatic heterocycles.